The highest BCUT2D eigenvalue weighted by molar-refractivity contribution is 9.10. The maximum Gasteiger partial charge on any atom is 0.340 e. The molecule has 2 N–H and O–H groups in total. The first kappa shape index (κ1) is 14.6. The molecule has 4 heteroatoms. The minimum absolute atomic E-state index is 0.227. The smallest absolute Gasteiger partial charge is 0.340 e. The Morgan fingerprint density at radius 3 is 2.70 bits per heavy atom. The summed E-state index contributed by atoms with van der Waals surface area (Å²) in [5.41, 5.74) is 9.65. The molecule has 20 heavy (non-hydrogen) atoms. The lowest BCUT2D eigenvalue weighted by molar-refractivity contribution is 0.0473. The molecule has 2 aromatic rings. The molecule has 0 radical (unpaired) electrons. The Bertz CT molecular complexity index is 653. The lowest BCUT2D eigenvalue weighted by Crippen LogP contribution is -2.10. The minimum Gasteiger partial charge on any atom is -0.457 e. The normalized spacial score (nSPS) is 10.3. The highest BCUT2D eigenvalue weighted by Gasteiger charge is 2.13. The summed E-state index contributed by atoms with van der Waals surface area (Å²) in [6.45, 7) is 4.04. The average Bonchev–Trinajstić information content (AvgIpc) is 2.40. The quantitative estimate of drug-likeness (QED) is 0.682. The number of esters is 1. The second-order valence-electron chi connectivity index (χ2n) is 4.75. The highest BCUT2D eigenvalue weighted by Crippen LogP contribution is 2.21. The standard InChI is InChI=1S/C16H16BrNO2/c1-10-6-11(2)15(18)14(7-10)16(19)20-9-12-4-3-5-13(17)8-12/h3-8H,9,18H2,1-2H3. The van der Waals surface area contributed by atoms with Gasteiger partial charge in [0.05, 0.1) is 5.56 Å². The molecule has 0 aliphatic carbocycles. The lowest BCUT2D eigenvalue weighted by atomic mass is 10.0. The third-order valence-corrected chi connectivity index (χ3v) is 3.50. The molecule has 0 aromatic heterocycles. The van der Waals surface area contributed by atoms with Crippen molar-refractivity contribution in [3.05, 3.63) is 63.1 Å². The summed E-state index contributed by atoms with van der Waals surface area (Å²) in [5, 5.41) is 0. The maximum absolute atomic E-state index is 12.1. The number of nitrogens with two attached hydrogens (primary N) is 1. The second-order valence-corrected chi connectivity index (χ2v) is 5.66. The van der Waals surface area contributed by atoms with Gasteiger partial charge in [-0.05, 0) is 48.7 Å². The number of carbonyl (C=O) groups is 1. The van der Waals surface area contributed by atoms with E-state index in [0.717, 1.165) is 21.2 Å². The number of hydrogen-bond acceptors (Lipinski definition) is 3. The van der Waals surface area contributed by atoms with Gasteiger partial charge < -0.3 is 10.5 Å². The molecule has 0 aliphatic rings. The molecule has 104 valence electrons. The van der Waals surface area contributed by atoms with E-state index in [0.29, 0.717) is 11.3 Å². The number of anilines is 1. The van der Waals surface area contributed by atoms with Crippen LogP contribution in [-0.2, 0) is 11.3 Å². The molecule has 0 bridgehead atoms. The van der Waals surface area contributed by atoms with Crippen molar-refractivity contribution < 1.29 is 9.53 Å². The van der Waals surface area contributed by atoms with Crippen LogP contribution in [0.2, 0.25) is 0 Å². The summed E-state index contributed by atoms with van der Waals surface area (Å²) in [4.78, 5) is 12.1. The van der Waals surface area contributed by atoms with Gasteiger partial charge in [0.2, 0.25) is 0 Å². The van der Waals surface area contributed by atoms with E-state index in [1.807, 2.05) is 44.2 Å². The number of nitrogen functional groups attached to an aromatic ring is 1. The zero-order chi connectivity index (χ0) is 14.7. The fourth-order valence-electron chi connectivity index (χ4n) is 2.00. The van der Waals surface area contributed by atoms with Crippen LogP contribution in [0.3, 0.4) is 0 Å². The molecule has 0 fully saturated rings. The van der Waals surface area contributed by atoms with Crippen LogP contribution >= 0.6 is 15.9 Å². The van der Waals surface area contributed by atoms with Crippen LogP contribution in [-0.4, -0.2) is 5.97 Å². The van der Waals surface area contributed by atoms with Crippen molar-refractivity contribution in [2.75, 3.05) is 5.73 Å². The number of ether oxygens (including phenoxy) is 1. The van der Waals surface area contributed by atoms with Crippen LogP contribution < -0.4 is 5.73 Å². The van der Waals surface area contributed by atoms with Crippen LogP contribution in [0.25, 0.3) is 0 Å². The van der Waals surface area contributed by atoms with E-state index >= 15 is 0 Å². The molecule has 0 saturated carbocycles. The SMILES string of the molecule is Cc1cc(C)c(N)c(C(=O)OCc2cccc(Br)c2)c1. The monoisotopic (exact) mass is 333 g/mol. The molecule has 2 aromatic carbocycles. The van der Waals surface area contributed by atoms with E-state index in [1.54, 1.807) is 6.07 Å². The summed E-state index contributed by atoms with van der Waals surface area (Å²) in [6, 6.07) is 11.3. The van der Waals surface area contributed by atoms with Gasteiger partial charge in [-0.2, -0.15) is 0 Å². The summed E-state index contributed by atoms with van der Waals surface area (Å²) >= 11 is 3.38. The zero-order valence-electron chi connectivity index (χ0n) is 11.4. The first-order chi connectivity index (χ1) is 9.47. The molecular weight excluding hydrogens is 318 g/mol. The zero-order valence-corrected chi connectivity index (χ0v) is 13.0. The first-order valence-corrected chi connectivity index (χ1v) is 7.05. The summed E-state index contributed by atoms with van der Waals surface area (Å²) in [6.07, 6.45) is 0. The average molecular weight is 334 g/mol. The second kappa shape index (κ2) is 6.09. The Morgan fingerprint density at radius 2 is 2.00 bits per heavy atom. The van der Waals surface area contributed by atoms with Crippen LogP contribution in [0.15, 0.2) is 40.9 Å². The number of carbonyl (C=O) groups excluding carboxylic acids is 1. The van der Waals surface area contributed by atoms with Crippen molar-refractivity contribution in [1.29, 1.82) is 0 Å². The van der Waals surface area contributed by atoms with Gasteiger partial charge in [0.25, 0.3) is 0 Å². The summed E-state index contributed by atoms with van der Waals surface area (Å²) in [5.74, 6) is -0.394. The molecule has 0 heterocycles. The predicted molar refractivity (Wildman–Crippen MR) is 83.6 cm³/mol. The van der Waals surface area contributed by atoms with E-state index in [4.69, 9.17) is 10.5 Å². The maximum atomic E-state index is 12.1. The van der Waals surface area contributed by atoms with E-state index in [9.17, 15) is 4.79 Å². The van der Waals surface area contributed by atoms with Crippen molar-refractivity contribution in [2.24, 2.45) is 0 Å². The molecule has 0 atom stereocenters. The number of hydrogen-bond donors (Lipinski definition) is 1. The van der Waals surface area contributed by atoms with Gasteiger partial charge in [-0.15, -0.1) is 0 Å². The number of halogens is 1. The Balaban J connectivity index is 2.13. The van der Waals surface area contributed by atoms with Crippen molar-refractivity contribution in [3.8, 4) is 0 Å². The van der Waals surface area contributed by atoms with Gasteiger partial charge >= 0.3 is 5.97 Å². The van der Waals surface area contributed by atoms with Crippen LogP contribution in [0.5, 0.6) is 0 Å². The Kier molecular flexibility index (Phi) is 4.45. The minimum atomic E-state index is -0.394. The van der Waals surface area contributed by atoms with Crippen LogP contribution in [0.1, 0.15) is 27.0 Å². The van der Waals surface area contributed by atoms with E-state index in [2.05, 4.69) is 15.9 Å². The highest BCUT2D eigenvalue weighted by atomic mass is 79.9. The molecular formula is C16H16BrNO2. The molecule has 3 nitrogen and oxygen atoms in total. The van der Waals surface area contributed by atoms with E-state index in [-0.39, 0.29) is 6.61 Å². The van der Waals surface area contributed by atoms with Gasteiger partial charge in [0.1, 0.15) is 6.61 Å². The van der Waals surface area contributed by atoms with Gasteiger partial charge in [-0.1, -0.05) is 34.1 Å². The molecule has 0 spiro atoms. The van der Waals surface area contributed by atoms with Gasteiger partial charge in [0.15, 0.2) is 0 Å². The lowest BCUT2D eigenvalue weighted by Gasteiger charge is -2.10. The summed E-state index contributed by atoms with van der Waals surface area (Å²) < 4.78 is 6.28. The van der Waals surface area contributed by atoms with Gasteiger partial charge in [0, 0.05) is 10.2 Å². The molecule has 0 unspecified atom stereocenters. The molecule has 0 saturated heterocycles. The van der Waals surface area contributed by atoms with Crippen LogP contribution in [0, 0.1) is 13.8 Å². The Hall–Kier alpha value is -1.81. The molecule has 0 amide bonds. The third-order valence-electron chi connectivity index (χ3n) is 3.01. The van der Waals surface area contributed by atoms with Crippen molar-refractivity contribution in [3.63, 3.8) is 0 Å². The fourth-order valence-corrected chi connectivity index (χ4v) is 2.45. The Labute approximate surface area is 126 Å². The van der Waals surface area contributed by atoms with Crippen molar-refractivity contribution in [2.45, 2.75) is 20.5 Å². The third kappa shape index (κ3) is 3.39. The van der Waals surface area contributed by atoms with Crippen molar-refractivity contribution >= 4 is 27.6 Å². The van der Waals surface area contributed by atoms with E-state index < -0.39 is 5.97 Å². The van der Waals surface area contributed by atoms with Gasteiger partial charge in [-0.25, -0.2) is 4.79 Å². The number of benzene rings is 2. The Morgan fingerprint density at radius 1 is 1.25 bits per heavy atom. The summed E-state index contributed by atoms with van der Waals surface area (Å²) in [7, 11) is 0. The van der Waals surface area contributed by atoms with Crippen molar-refractivity contribution in [1.82, 2.24) is 0 Å². The fraction of sp³-hybridized carbons (Fsp3) is 0.188. The largest absolute Gasteiger partial charge is 0.457 e. The molecule has 2 rings (SSSR count). The number of aryl methyl sites for hydroxylation is 2. The first-order valence-electron chi connectivity index (χ1n) is 6.25. The molecule has 0 aliphatic heterocycles. The van der Waals surface area contributed by atoms with Gasteiger partial charge in [-0.3, -0.25) is 0 Å². The van der Waals surface area contributed by atoms with Crippen LogP contribution in [0.4, 0.5) is 5.69 Å². The van der Waals surface area contributed by atoms with E-state index in [1.165, 1.54) is 0 Å². The topological polar surface area (TPSA) is 52.3 Å². The number of rotatable bonds is 3. The predicted octanol–water partition coefficient (Wildman–Crippen LogP) is 4.01.